The Labute approximate surface area is 144 Å². The van der Waals surface area contributed by atoms with Gasteiger partial charge in [-0.25, -0.2) is 4.52 Å². The molecule has 9 heteroatoms. The van der Waals surface area contributed by atoms with E-state index in [0.29, 0.717) is 0 Å². The SMILES string of the molecule is Cc1nc(O)c2ccc([C@]3(C#N)O[C@H](COC(C)C)[C@@H](O)[C@H]3O)n2n1. The van der Waals surface area contributed by atoms with Crippen molar-refractivity contribution in [1.82, 2.24) is 14.6 Å². The molecule has 1 aliphatic heterocycles. The van der Waals surface area contributed by atoms with E-state index >= 15 is 0 Å². The quantitative estimate of drug-likeness (QED) is 0.703. The lowest BCUT2D eigenvalue weighted by atomic mass is 9.92. The lowest BCUT2D eigenvalue weighted by Crippen LogP contribution is -2.41. The Bertz CT molecular complexity index is 830. The van der Waals surface area contributed by atoms with E-state index in [1.54, 1.807) is 6.92 Å². The molecule has 0 unspecified atom stereocenters. The number of hydrogen-bond acceptors (Lipinski definition) is 8. The molecule has 1 saturated heterocycles. The molecule has 0 aromatic carbocycles. The Hall–Kier alpha value is -2.25. The molecule has 3 heterocycles. The van der Waals surface area contributed by atoms with Crippen LogP contribution in [0.5, 0.6) is 5.88 Å². The molecular formula is C16H20N4O5. The average Bonchev–Trinajstić information content (AvgIpc) is 3.08. The zero-order valence-electron chi connectivity index (χ0n) is 14.1. The Morgan fingerprint density at radius 3 is 2.80 bits per heavy atom. The van der Waals surface area contributed by atoms with Gasteiger partial charge in [0.15, 0.2) is 0 Å². The molecule has 4 atom stereocenters. The average molecular weight is 348 g/mol. The Balaban J connectivity index is 2.06. The van der Waals surface area contributed by atoms with Crippen LogP contribution in [0.1, 0.15) is 25.4 Å². The number of nitrogens with zero attached hydrogens (tertiary/aromatic N) is 4. The number of aryl methyl sites for hydroxylation is 1. The summed E-state index contributed by atoms with van der Waals surface area (Å²) in [4.78, 5) is 3.86. The zero-order valence-corrected chi connectivity index (χ0v) is 14.1. The van der Waals surface area contributed by atoms with Gasteiger partial charge in [-0.15, -0.1) is 0 Å². The van der Waals surface area contributed by atoms with Crippen LogP contribution in [0.4, 0.5) is 0 Å². The van der Waals surface area contributed by atoms with Crippen molar-refractivity contribution < 1.29 is 24.8 Å². The van der Waals surface area contributed by atoms with Gasteiger partial charge in [0.1, 0.15) is 35.7 Å². The summed E-state index contributed by atoms with van der Waals surface area (Å²) < 4.78 is 12.5. The minimum Gasteiger partial charge on any atom is -0.492 e. The highest BCUT2D eigenvalue weighted by Gasteiger charge is 2.57. The fourth-order valence-corrected chi connectivity index (χ4v) is 2.97. The van der Waals surface area contributed by atoms with Crippen molar-refractivity contribution in [2.75, 3.05) is 6.61 Å². The molecule has 0 spiro atoms. The summed E-state index contributed by atoms with van der Waals surface area (Å²) in [6, 6.07) is 4.98. The molecule has 2 aromatic heterocycles. The highest BCUT2D eigenvalue weighted by atomic mass is 16.6. The van der Waals surface area contributed by atoms with E-state index in [1.807, 2.05) is 19.9 Å². The predicted octanol–water partition coefficient (Wildman–Crippen LogP) is 0.00780. The molecule has 1 aliphatic rings. The molecule has 0 amide bonds. The molecule has 2 aromatic rings. The first-order valence-electron chi connectivity index (χ1n) is 7.92. The molecule has 0 saturated carbocycles. The number of ether oxygens (including phenoxy) is 2. The third kappa shape index (κ3) is 2.73. The third-order valence-electron chi connectivity index (χ3n) is 4.20. The summed E-state index contributed by atoms with van der Waals surface area (Å²) in [5.74, 6) is 0.0304. The van der Waals surface area contributed by atoms with Crippen LogP contribution in [-0.4, -0.2) is 60.9 Å². The van der Waals surface area contributed by atoms with Gasteiger partial charge in [-0.3, -0.25) is 0 Å². The second-order valence-electron chi connectivity index (χ2n) is 6.32. The molecule has 134 valence electrons. The van der Waals surface area contributed by atoms with Crippen molar-refractivity contribution in [2.24, 2.45) is 0 Å². The third-order valence-corrected chi connectivity index (χ3v) is 4.20. The van der Waals surface area contributed by atoms with Crippen molar-refractivity contribution in [3.05, 3.63) is 23.7 Å². The van der Waals surface area contributed by atoms with Crippen molar-refractivity contribution in [1.29, 1.82) is 5.26 Å². The van der Waals surface area contributed by atoms with Gasteiger partial charge in [0.05, 0.1) is 18.4 Å². The van der Waals surface area contributed by atoms with E-state index in [0.717, 1.165) is 0 Å². The second-order valence-corrected chi connectivity index (χ2v) is 6.32. The highest BCUT2D eigenvalue weighted by molar-refractivity contribution is 5.58. The van der Waals surface area contributed by atoms with E-state index in [-0.39, 0.29) is 35.6 Å². The van der Waals surface area contributed by atoms with Gasteiger partial charge < -0.3 is 24.8 Å². The smallest absolute Gasteiger partial charge is 0.239 e. The van der Waals surface area contributed by atoms with E-state index in [2.05, 4.69) is 10.1 Å². The Morgan fingerprint density at radius 2 is 2.16 bits per heavy atom. The lowest BCUT2D eigenvalue weighted by Gasteiger charge is -2.24. The van der Waals surface area contributed by atoms with Gasteiger partial charge in [0.2, 0.25) is 11.5 Å². The lowest BCUT2D eigenvalue weighted by molar-refractivity contribution is -0.0846. The van der Waals surface area contributed by atoms with E-state index in [1.165, 1.54) is 16.6 Å². The summed E-state index contributed by atoms with van der Waals surface area (Å²) in [5.41, 5.74) is -1.38. The number of nitriles is 1. The predicted molar refractivity (Wildman–Crippen MR) is 84.7 cm³/mol. The molecule has 3 N–H and O–H groups in total. The number of aromatic nitrogens is 3. The number of rotatable bonds is 4. The van der Waals surface area contributed by atoms with Crippen molar-refractivity contribution in [3.63, 3.8) is 0 Å². The molecule has 25 heavy (non-hydrogen) atoms. The summed E-state index contributed by atoms with van der Waals surface area (Å²) in [6.07, 6.45) is -3.78. The fourth-order valence-electron chi connectivity index (χ4n) is 2.97. The van der Waals surface area contributed by atoms with Crippen LogP contribution >= 0.6 is 0 Å². The first-order valence-corrected chi connectivity index (χ1v) is 7.92. The second kappa shape index (κ2) is 6.24. The van der Waals surface area contributed by atoms with Crippen molar-refractivity contribution >= 4 is 5.52 Å². The molecule has 0 bridgehead atoms. The van der Waals surface area contributed by atoms with Crippen LogP contribution in [0.2, 0.25) is 0 Å². The summed E-state index contributed by atoms with van der Waals surface area (Å²) in [7, 11) is 0. The first kappa shape index (κ1) is 17.6. The molecule has 1 fully saturated rings. The number of fused-ring (bicyclic) bond motifs is 1. The molecule has 0 radical (unpaired) electrons. The van der Waals surface area contributed by atoms with Crippen LogP contribution < -0.4 is 0 Å². The maximum absolute atomic E-state index is 10.5. The van der Waals surface area contributed by atoms with Crippen LogP contribution in [-0.2, 0) is 15.1 Å². The fraction of sp³-hybridized carbons (Fsp3) is 0.562. The van der Waals surface area contributed by atoms with E-state index in [4.69, 9.17) is 9.47 Å². The molecule has 0 aliphatic carbocycles. The maximum atomic E-state index is 10.5. The monoisotopic (exact) mass is 348 g/mol. The van der Waals surface area contributed by atoms with Crippen molar-refractivity contribution in [3.8, 4) is 11.9 Å². The van der Waals surface area contributed by atoms with Gasteiger partial charge in [0, 0.05) is 0 Å². The standard InChI is InChI=1S/C16H20N4O5/c1-8(2)24-6-11-13(21)14(22)16(7-17,25-11)12-5-4-10-15(23)18-9(3)19-20(10)12/h4-5,8,11,13-14,21-22H,6H2,1-3H3,(H,18,19,23)/t11-,13-,14-,16+/m1/s1. The minimum absolute atomic E-state index is 0.0297. The van der Waals surface area contributed by atoms with Gasteiger partial charge in [-0.2, -0.15) is 15.3 Å². The summed E-state index contributed by atoms with van der Waals surface area (Å²) in [6.45, 7) is 5.28. The number of hydrogen-bond donors (Lipinski definition) is 3. The Kier molecular flexibility index (Phi) is 4.38. The molecular weight excluding hydrogens is 328 g/mol. The van der Waals surface area contributed by atoms with Gasteiger partial charge in [-0.05, 0) is 32.9 Å². The van der Waals surface area contributed by atoms with Gasteiger partial charge >= 0.3 is 0 Å². The minimum atomic E-state index is -1.84. The van der Waals surface area contributed by atoms with Crippen LogP contribution in [0, 0.1) is 18.3 Å². The van der Waals surface area contributed by atoms with Gasteiger partial charge in [0.25, 0.3) is 0 Å². The van der Waals surface area contributed by atoms with Gasteiger partial charge in [-0.1, -0.05) is 0 Å². The number of aromatic hydroxyl groups is 1. The van der Waals surface area contributed by atoms with E-state index in [9.17, 15) is 20.6 Å². The van der Waals surface area contributed by atoms with Crippen molar-refractivity contribution in [2.45, 2.75) is 50.8 Å². The molecule has 9 nitrogen and oxygen atoms in total. The van der Waals surface area contributed by atoms with Crippen LogP contribution in [0.25, 0.3) is 5.52 Å². The zero-order chi connectivity index (χ0) is 18.4. The normalized spacial score (nSPS) is 29.4. The summed E-state index contributed by atoms with van der Waals surface area (Å²) >= 11 is 0. The number of aliphatic hydroxyl groups is 2. The van der Waals surface area contributed by atoms with Crippen LogP contribution in [0.3, 0.4) is 0 Å². The topological polar surface area (TPSA) is 133 Å². The van der Waals surface area contributed by atoms with Crippen LogP contribution in [0.15, 0.2) is 12.1 Å². The largest absolute Gasteiger partial charge is 0.492 e. The number of aliphatic hydroxyl groups excluding tert-OH is 2. The van der Waals surface area contributed by atoms with E-state index < -0.39 is 23.9 Å². The summed E-state index contributed by atoms with van der Waals surface area (Å²) in [5, 5.41) is 44.8. The maximum Gasteiger partial charge on any atom is 0.239 e. The first-order chi connectivity index (χ1) is 11.8. The highest BCUT2D eigenvalue weighted by Crippen LogP contribution is 2.40. The Morgan fingerprint density at radius 1 is 1.44 bits per heavy atom. The molecule has 3 rings (SSSR count).